The second kappa shape index (κ2) is 6.56. The molecule has 1 aromatic heterocycles. The van der Waals surface area contributed by atoms with E-state index in [-0.39, 0.29) is 5.69 Å². The molecule has 22 heavy (non-hydrogen) atoms. The minimum absolute atomic E-state index is 0.0708. The Morgan fingerprint density at radius 1 is 1.09 bits per heavy atom. The molecule has 1 aromatic carbocycles. The van der Waals surface area contributed by atoms with Crippen LogP contribution in [0, 0.1) is 0 Å². The number of aromatic carboxylic acids is 1. The maximum atomic E-state index is 11.3. The Kier molecular flexibility index (Phi) is 4.32. The van der Waals surface area contributed by atoms with E-state index in [1.165, 1.54) is 6.42 Å². The van der Waals surface area contributed by atoms with Crippen LogP contribution >= 0.6 is 0 Å². The summed E-state index contributed by atoms with van der Waals surface area (Å²) in [5, 5.41) is 9.29. The number of hydrogen-bond acceptors (Lipinski definition) is 4. The molecule has 0 atom stereocenters. The van der Waals surface area contributed by atoms with Gasteiger partial charge in [-0.2, -0.15) is 0 Å². The van der Waals surface area contributed by atoms with Crippen LogP contribution in [-0.4, -0.2) is 34.1 Å². The average Bonchev–Trinajstić information content (AvgIpc) is 2.56. The van der Waals surface area contributed by atoms with Gasteiger partial charge in [0.15, 0.2) is 5.69 Å². The van der Waals surface area contributed by atoms with Crippen molar-refractivity contribution in [3.63, 3.8) is 0 Å². The molecule has 0 aliphatic carbocycles. The molecule has 5 heteroatoms. The van der Waals surface area contributed by atoms with Crippen LogP contribution in [0.2, 0.25) is 0 Å². The summed E-state index contributed by atoms with van der Waals surface area (Å²) in [6, 6.07) is 11.5. The molecule has 0 saturated carbocycles. The van der Waals surface area contributed by atoms with E-state index in [0.29, 0.717) is 12.2 Å². The zero-order valence-corrected chi connectivity index (χ0v) is 12.4. The number of rotatable bonds is 4. The lowest BCUT2D eigenvalue weighted by Crippen LogP contribution is -2.30. The lowest BCUT2D eigenvalue weighted by atomic mass is 10.1. The third-order valence-corrected chi connectivity index (χ3v) is 3.86. The molecule has 0 amide bonds. The first-order chi connectivity index (χ1) is 10.7. The van der Waals surface area contributed by atoms with Gasteiger partial charge >= 0.3 is 5.97 Å². The van der Waals surface area contributed by atoms with Gasteiger partial charge in [0.2, 0.25) is 0 Å². The number of benzene rings is 1. The topological polar surface area (TPSA) is 66.3 Å². The first-order valence-corrected chi connectivity index (χ1v) is 7.62. The lowest BCUT2D eigenvalue weighted by molar-refractivity contribution is 0.0690. The van der Waals surface area contributed by atoms with Crippen LogP contribution in [-0.2, 0) is 6.42 Å². The van der Waals surface area contributed by atoms with Gasteiger partial charge in [-0.3, -0.25) is 0 Å². The normalized spacial score (nSPS) is 14.8. The summed E-state index contributed by atoms with van der Waals surface area (Å²) >= 11 is 0. The van der Waals surface area contributed by atoms with Crippen molar-refractivity contribution >= 4 is 11.8 Å². The van der Waals surface area contributed by atoms with Crippen molar-refractivity contribution in [3.8, 4) is 0 Å². The van der Waals surface area contributed by atoms with Crippen molar-refractivity contribution in [2.45, 2.75) is 25.7 Å². The highest BCUT2D eigenvalue weighted by Crippen LogP contribution is 2.19. The maximum absolute atomic E-state index is 11.3. The van der Waals surface area contributed by atoms with E-state index in [1.54, 1.807) is 6.07 Å². The molecule has 1 aliphatic rings. The van der Waals surface area contributed by atoms with Gasteiger partial charge in [-0.15, -0.1) is 0 Å². The van der Waals surface area contributed by atoms with Crippen LogP contribution in [0.1, 0.15) is 41.1 Å². The number of anilines is 1. The van der Waals surface area contributed by atoms with Gasteiger partial charge < -0.3 is 10.0 Å². The largest absolute Gasteiger partial charge is 0.477 e. The Bertz CT molecular complexity index is 652. The van der Waals surface area contributed by atoms with E-state index in [0.717, 1.165) is 37.3 Å². The Morgan fingerprint density at radius 2 is 1.82 bits per heavy atom. The van der Waals surface area contributed by atoms with Gasteiger partial charge in [0, 0.05) is 25.6 Å². The summed E-state index contributed by atoms with van der Waals surface area (Å²) in [6.45, 7) is 1.86. The number of aromatic nitrogens is 2. The summed E-state index contributed by atoms with van der Waals surface area (Å²) in [7, 11) is 0. The van der Waals surface area contributed by atoms with Crippen LogP contribution in [0.5, 0.6) is 0 Å². The van der Waals surface area contributed by atoms with Gasteiger partial charge in [0.05, 0.1) is 0 Å². The van der Waals surface area contributed by atoms with E-state index in [1.807, 2.05) is 30.3 Å². The van der Waals surface area contributed by atoms with Gasteiger partial charge in [0.1, 0.15) is 11.6 Å². The van der Waals surface area contributed by atoms with Gasteiger partial charge in [-0.25, -0.2) is 14.8 Å². The van der Waals surface area contributed by atoms with Gasteiger partial charge in [-0.05, 0) is 24.8 Å². The quantitative estimate of drug-likeness (QED) is 0.940. The fraction of sp³-hybridized carbons (Fsp3) is 0.353. The summed E-state index contributed by atoms with van der Waals surface area (Å²) in [5.41, 5.74) is 1.15. The maximum Gasteiger partial charge on any atom is 0.354 e. The predicted octanol–water partition coefficient (Wildman–Crippen LogP) is 2.76. The molecule has 1 saturated heterocycles. The highest BCUT2D eigenvalue weighted by molar-refractivity contribution is 5.86. The zero-order valence-electron chi connectivity index (χ0n) is 12.4. The number of piperidine rings is 1. The Morgan fingerprint density at radius 3 is 2.50 bits per heavy atom. The number of nitrogens with zero attached hydrogens (tertiary/aromatic N) is 3. The first-order valence-electron chi connectivity index (χ1n) is 7.62. The molecule has 0 spiro atoms. The molecular weight excluding hydrogens is 278 g/mol. The summed E-state index contributed by atoms with van der Waals surface area (Å²) in [6.07, 6.45) is 4.02. The molecule has 0 radical (unpaired) electrons. The molecule has 2 aromatic rings. The first kappa shape index (κ1) is 14.5. The molecule has 0 bridgehead atoms. The van der Waals surface area contributed by atoms with Crippen molar-refractivity contribution in [2.75, 3.05) is 18.0 Å². The standard InChI is InChI=1S/C17H19N3O2/c21-17(22)14-12-16(20-9-5-2-6-10-20)19-15(18-14)11-13-7-3-1-4-8-13/h1,3-4,7-8,12H,2,5-6,9-11H2,(H,21,22). The van der Waals surface area contributed by atoms with E-state index >= 15 is 0 Å². The van der Waals surface area contributed by atoms with E-state index in [4.69, 9.17) is 0 Å². The summed E-state index contributed by atoms with van der Waals surface area (Å²) < 4.78 is 0. The van der Waals surface area contributed by atoms with Crippen LogP contribution in [0.15, 0.2) is 36.4 Å². The van der Waals surface area contributed by atoms with Crippen LogP contribution < -0.4 is 4.90 Å². The van der Waals surface area contributed by atoms with E-state index < -0.39 is 5.97 Å². The molecule has 1 N–H and O–H groups in total. The molecule has 1 fully saturated rings. The predicted molar refractivity (Wildman–Crippen MR) is 84.3 cm³/mol. The van der Waals surface area contributed by atoms with Crippen LogP contribution in [0.3, 0.4) is 0 Å². The van der Waals surface area contributed by atoms with Gasteiger partial charge in [-0.1, -0.05) is 30.3 Å². The number of carbonyl (C=O) groups is 1. The second-order valence-corrected chi connectivity index (χ2v) is 5.54. The molecule has 0 unspecified atom stereocenters. The average molecular weight is 297 g/mol. The smallest absolute Gasteiger partial charge is 0.354 e. The third-order valence-electron chi connectivity index (χ3n) is 3.86. The fourth-order valence-corrected chi connectivity index (χ4v) is 2.74. The Balaban J connectivity index is 1.91. The van der Waals surface area contributed by atoms with Gasteiger partial charge in [0.25, 0.3) is 0 Å². The van der Waals surface area contributed by atoms with E-state index in [2.05, 4.69) is 14.9 Å². The summed E-state index contributed by atoms with van der Waals surface area (Å²) in [5.74, 6) is 0.291. The lowest BCUT2D eigenvalue weighted by Gasteiger charge is -2.28. The van der Waals surface area contributed by atoms with Crippen molar-refractivity contribution in [2.24, 2.45) is 0 Å². The highest BCUT2D eigenvalue weighted by atomic mass is 16.4. The van der Waals surface area contributed by atoms with Crippen LogP contribution in [0.4, 0.5) is 5.82 Å². The number of hydrogen-bond donors (Lipinski definition) is 1. The molecule has 1 aliphatic heterocycles. The SMILES string of the molecule is O=C(O)c1cc(N2CCCCC2)nc(Cc2ccccc2)n1. The minimum Gasteiger partial charge on any atom is -0.477 e. The zero-order chi connectivity index (χ0) is 15.4. The fourth-order valence-electron chi connectivity index (χ4n) is 2.74. The van der Waals surface area contributed by atoms with Crippen LogP contribution in [0.25, 0.3) is 0 Å². The third kappa shape index (κ3) is 3.42. The van der Waals surface area contributed by atoms with Crippen molar-refractivity contribution in [3.05, 3.63) is 53.5 Å². The Hall–Kier alpha value is -2.43. The monoisotopic (exact) mass is 297 g/mol. The Labute approximate surface area is 129 Å². The number of carboxylic acids is 1. The minimum atomic E-state index is -1.00. The van der Waals surface area contributed by atoms with E-state index in [9.17, 15) is 9.90 Å². The number of carboxylic acid groups (broad SMARTS) is 1. The highest BCUT2D eigenvalue weighted by Gasteiger charge is 2.17. The van der Waals surface area contributed by atoms with Crippen molar-refractivity contribution < 1.29 is 9.90 Å². The second-order valence-electron chi connectivity index (χ2n) is 5.54. The summed E-state index contributed by atoms with van der Waals surface area (Å²) in [4.78, 5) is 22.3. The molecular formula is C17H19N3O2. The molecule has 114 valence electrons. The van der Waals surface area contributed by atoms with Crippen molar-refractivity contribution in [1.82, 2.24) is 9.97 Å². The molecule has 5 nitrogen and oxygen atoms in total. The molecule has 3 rings (SSSR count). The molecule has 2 heterocycles. The van der Waals surface area contributed by atoms with Crippen molar-refractivity contribution in [1.29, 1.82) is 0 Å².